The highest BCUT2D eigenvalue weighted by Crippen LogP contribution is 2.09. The van der Waals surface area contributed by atoms with Crippen LogP contribution >= 0.6 is 0 Å². The van der Waals surface area contributed by atoms with Crippen LogP contribution in [0.1, 0.15) is 48.5 Å². The Balaban J connectivity index is 4.53. The summed E-state index contributed by atoms with van der Waals surface area (Å²) in [5.74, 6) is 0.711. The first-order chi connectivity index (χ1) is 11.0. The average molecular weight is 345 g/mol. The summed E-state index contributed by atoms with van der Waals surface area (Å²) in [6, 6.07) is 0. The molecule has 0 aliphatic rings. The van der Waals surface area contributed by atoms with Gasteiger partial charge in [0.25, 0.3) is 0 Å². The summed E-state index contributed by atoms with van der Waals surface area (Å²) in [6.07, 6.45) is -0.297. The maximum Gasteiger partial charge on any atom is 0.410 e. The molecule has 0 aliphatic carbocycles. The number of amides is 1. The van der Waals surface area contributed by atoms with E-state index in [1.807, 2.05) is 48.5 Å². The molecule has 0 aromatic heterocycles. The van der Waals surface area contributed by atoms with E-state index in [0.29, 0.717) is 32.1 Å². The van der Waals surface area contributed by atoms with Crippen molar-refractivity contribution < 1.29 is 14.3 Å². The second-order valence-electron chi connectivity index (χ2n) is 7.15. The van der Waals surface area contributed by atoms with Crippen molar-refractivity contribution in [3.8, 4) is 0 Å². The lowest BCUT2D eigenvalue weighted by Crippen LogP contribution is -2.44. The quantitative estimate of drug-likeness (QED) is 0.522. The zero-order valence-electron chi connectivity index (χ0n) is 16.7. The van der Waals surface area contributed by atoms with Crippen molar-refractivity contribution in [3.63, 3.8) is 0 Å². The van der Waals surface area contributed by atoms with Gasteiger partial charge < -0.3 is 25.0 Å². The summed E-state index contributed by atoms with van der Waals surface area (Å²) in [4.78, 5) is 18.3. The summed E-state index contributed by atoms with van der Waals surface area (Å²) >= 11 is 0. The number of guanidine groups is 1. The summed E-state index contributed by atoms with van der Waals surface area (Å²) in [6.45, 7) is 16.6. The fourth-order valence-electron chi connectivity index (χ4n) is 1.69. The molecule has 0 aromatic rings. The molecule has 7 nitrogen and oxygen atoms in total. The maximum absolute atomic E-state index is 12.1. The van der Waals surface area contributed by atoms with E-state index in [-0.39, 0.29) is 11.7 Å². The molecule has 0 rings (SSSR count). The van der Waals surface area contributed by atoms with E-state index in [9.17, 15) is 4.79 Å². The molecular formula is C17H36N4O3. The van der Waals surface area contributed by atoms with Gasteiger partial charge in [0.15, 0.2) is 5.96 Å². The Bertz CT molecular complexity index is 403. The summed E-state index contributed by atoms with van der Waals surface area (Å²) in [5.41, 5.74) is -0.797. The molecule has 0 atom stereocenters. The molecule has 0 spiro atoms. The standard InChI is InChI=1S/C17H36N4O3/c1-9-18-14(20-13-17(6,7)23-8)19-11-12-21(10-2)15(22)24-16(3,4)5/h9-13H2,1-8H3,(H2,18,19,20). The Morgan fingerprint density at radius 3 is 2.21 bits per heavy atom. The monoisotopic (exact) mass is 344 g/mol. The van der Waals surface area contributed by atoms with Gasteiger partial charge in [0.2, 0.25) is 0 Å². The Labute approximate surface area is 147 Å². The molecule has 0 fully saturated rings. The van der Waals surface area contributed by atoms with Crippen molar-refractivity contribution in [1.82, 2.24) is 15.5 Å². The van der Waals surface area contributed by atoms with Crippen LogP contribution in [0.15, 0.2) is 4.99 Å². The van der Waals surface area contributed by atoms with E-state index in [1.165, 1.54) is 0 Å². The van der Waals surface area contributed by atoms with E-state index < -0.39 is 5.60 Å². The number of nitrogens with one attached hydrogen (secondary N) is 2. The zero-order valence-corrected chi connectivity index (χ0v) is 16.7. The minimum atomic E-state index is -0.486. The van der Waals surface area contributed by atoms with E-state index in [4.69, 9.17) is 9.47 Å². The zero-order chi connectivity index (χ0) is 18.8. The lowest BCUT2D eigenvalue weighted by molar-refractivity contribution is 0.0264. The SMILES string of the molecule is CCNC(=NCC(C)(C)OC)NCCN(CC)C(=O)OC(C)(C)C. The summed E-state index contributed by atoms with van der Waals surface area (Å²) < 4.78 is 10.8. The van der Waals surface area contributed by atoms with Crippen molar-refractivity contribution in [2.24, 2.45) is 4.99 Å². The van der Waals surface area contributed by atoms with Crippen molar-refractivity contribution >= 4 is 12.1 Å². The molecule has 0 heterocycles. The topological polar surface area (TPSA) is 75.2 Å². The summed E-state index contributed by atoms with van der Waals surface area (Å²) in [7, 11) is 1.68. The van der Waals surface area contributed by atoms with Crippen LogP contribution in [0.5, 0.6) is 0 Å². The maximum atomic E-state index is 12.1. The number of methoxy groups -OCH3 is 1. The van der Waals surface area contributed by atoms with Crippen LogP contribution in [-0.2, 0) is 9.47 Å². The highest BCUT2D eigenvalue weighted by molar-refractivity contribution is 5.79. The van der Waals surface area contributed by atoms with Gasteiger partial charge in [0.1, 0.15) is 5.60 Å². The van der Waals surface area contributed by atoms with Gasteiger partial charge >= 0.3 is 6.09 Å². The smallest absolute Gasteiger partial charge is 0.410 e. The van der Waals surface area contributed by atoms with Crippen molar-refractivity contribution in [3.05, 3.63) is 0 Å². The number of ether oxygens (including phenoxy) is 2. The Morgan fingerprint density at radius 2 is 1.75 bits per heavy atom. The first-order valence-electron chi connectivity index (χ1n) is 8.60. The molecule has 2 N–H and O–H groups in total. The van der Waals surface area contributed by atoms with Crippen LogP contribution in [-0.4, -0.2) is 68.0 Å². The molecule has 142 valence electrons. The Kier molecular flexibility index (Phi) is 9.73. The van der Waals surface area contributed by atoms with Gasteiger partial charge in [-0.2, -0.15) is 0 Å². The third-order valence-electron chi connectivity index (χ3n) is 3.22. The Hall–Kier alpha value is -1.50. The number of carbonyl (C=O) groups excluding carboxylic acids is 1. The second-order valence-corrected chi connectivity index (χ2v) is 7.15. The number of carbonyl (C=O) groups is 1. The van der Waals surface area contributed by atoms with Crippen LogP contribution in [0.2, 0.25) is 0 Å². The van der Waals surface area contributed by atoms with Crippen LogP contribution in [0.4, 0.5) is 4.79 Å². The first-order valence-corrected chi connectivity index (χ1v) is 8.60. The van der Waals surface area contributed by atoms with E-state index in [0.717, 1.165) is 6.54 Å². The lowest BCUT2D eigenvalue weighted by Gasteiger charge is -2.27. The number of aliphatic imine (C=N–C) groups is 1. The minimum Gasteiger partial charge on any atom is -0.444 e. The molecule has 0 aromatic carbocycles. The molecule has 1 amide bonds. The van der Waals surface area contributed by atoms with Gasteiger partial charge in [-0.1, -0.05) is 0 Å². The molecule has 0 bridgehead atoms. The molecule has 0 radical (unpaired) electrons. The number of nitrogens with zero attached hydrogens (tertiary/aromatic N) is 2. The highest BCUT2D eigenvalue weighted by Gasteiger charge is 2.21. The first kappa shape index (κ1) is 22.5. The van der Waals surface area contributed by atoms with Gasteiger partial charge in [-0.3, -0.25) is 4.99 Å². The molecule has 24 heavy (non-hydrogen) atoms. The fraction of sp³-hybridized carbons (Fsp3) is 0.882. The third-order valence-corrected chi connectivity index (χ3v) is 3.22. The van der Waals surface area contributed by atoms with Crippen molar-refractivity contribution in [2.75, 3.05) is 39.8 Å². The number of likely N-dealkylation sites (N-methyl/N-ethyl adjacent to an activating group) is 1. The lowest BCUT2D eigenvalue weighted by atomic mass is 10.1. The predicted molar refractivity (Wildman–Crippen MR) is 98.6 cm³/mol. The number of hydrogen-bond donors (Lipinski definition) is 2. The molecular weight excluding hydrogens is 308 g/mol. The molecule has 0 saturated heterocycles. The van der Waals surface area contributed by atoms with Crippen molar-refractivity contribution in [2.45, 2.75) is 59.7 Å². The van der Waals surface area contributed by atoms with E-state index in [1.54, 1.807) is 12.0 Å². The van der Waals surface area contributed by atoms with E-state index >= 15 is 0 Å². The molecule has 0 unspecified atom stereocenters. The molecule has 7 heteroatoms. The van der Waals surface area contributed by atoms with Crippen LogP contribution < -0.4 is 10.6 Å². The third kappa shape index (κ3) is 10.3. The van der Waals surface area contributed by atoms with Gasteiger partial charge in [-0.15, -0.1) is 0 Å². The van der Waals surface area contributed by atoms with Crippen LogP contribution in [0.3, 0.4) is 0 Å². The number of rotatable bonds is 8. The van der Waals surface area contributed by atoms with Crippen molar-refractivity contribution in [1.29, 1.82) is 0 Å². The second kappa shape index (κ2) is 10.4. The molecule has 0 saturated carbocycles. The van der Waals surface area contributed by atoms with Crippen LogP contribution in [0, 0.1) is 0 Å². The van der Waals surface area contributed by atoms with Gasteiger partial charge in [0, 0.05) is 33.3 Å². The summed E-state index contributed by atoms with van der Waals surface area (Å²) in [5, 5.41) is 6.42. The van der Waals surface area contributed by atoms with E-state index in [2.05, 4.69) is 15.6 Å². The fourth-order valence-corrected chi connectivity index (χ4v) is 1.69. The normalized spacial score (nSPS) is 12.8. The molecule has 0 aliphatic heterocycles. The van der Waals surface area contributed by atoms with Gasteiger partial charge in [0.05, 0.1) is 12.1 Å². The number of hydrogen-bond acceptors (Lipinski definition) is 4. The largest absolute Gasteiger partial charge is 0.444 e. The Morgan fingerprint density at radius 1 is 1.12 bits per heavy atom. The minimum absolute atomic E-state index is 0.297. The van der Waals surface area contributed by atoms with Gasteiger partial charge in [-0.05, 0) is 48.5 Å². The highest BCUT2D eigenvalue weighted by atomic mass is 16.6. The predicted octanol–water partition coefficient (Wildman–Crippen LogP) is 2.22. The van der Waals surface area contributed by atoms with Gasteiger partial charge in [-0.25, -0.2) is 4.79 Å². The average Bonchev–Trinajstić information content (AvgIpc) is 2.47. The van der Waals surface area contributed by atoms with Crippen LogP contribution in [0.25, 0.3) is 0 Å².